The Morgan fingerprint density at radius 2 is 1.74 bits per heavy atom. The molecule has 1 aliphatic heterocycles. The SMILES string of the molecule is Cc1cc(C2=NOC(c3cc(Cl)cc(Cl)c3)(C(F)(F)F)C2)ccc1S(=O)CC(=O)NCC(F)(F)F. The van der Waals surface area contributed by atoms with Gasteiger partial charge < -0.3 is 10.2 Å². The second-order valence-electron chi connectivity index (χ2n) is 7.65. The van der Waals surface area contributed by atoms with Gasteiger partial charge >= 0.3 is 12.4 Å². The minimum atomic E-state index is -4.88. The van der Waals surface area contributed by atoms with Crippen molar-refractivity contribution in [2.75, 3.05) is 12.3 Å². The van der Waals surface area contributed by atoms with Gasteiger partial charge in [0.15, 0.2) is 0 Å². The average Bonchev–Trinajstić information content (AvgIpc) is 3.18. The van der Waals surface area contributed by atoms with E-state index in [2.05, 4.69) is 5.16 Å². The third-order valence-electron chi connectivity index (χ3n) is 5.02. The van der Waals surface area contributed by atoms with Crippen LogP contribution in [0.2, 0.25) is 10.0 Å². The molecule has 0 spiro atoms. The first-order valence-electron chi connectivity index (χ1n) is 9.72. The molecule has 0 saturated heterocycles. The molecular formula is C21H16Cl2F6N2O3S. The van der Waals surface area contributed by atoms with Crippen LogP contribution in [0.25, 0.3) is 0 Å². The van der Waals surface area contributed by atoms with Crippen molar-refractivity contribution in [3.05, 3.63) is 63.1 Å². The number of rotatable bonds is 6. The highest BCUT2D eigenvalue weighted by atomic mass is 35.5. The number of hydrogen-bond acceptors (Lipinski definition) is 4. The van der Waals surface area contributed by atoms with Crippen molar-refractivity contribution in [1.82, 2.24) is 5.32 Å². The van der Waals surface area contributed by atoms with Crippen molar-refractivity contribution in [1.29, 1.82) is 0 Å². The normalized spacial score (nSPS) is 19.2. The van der Waals surface area contributed by atoms with Gasteiger partial charge in [-0.1, -0.05) is 34.4 Å². The Bertz CT molecular complexity index is 1180. The van der Waals surface area contributed by atoms with Gasteiger partial charge in [-0.05, 0) is 48.4 Å². The molecule has 0 radical (unpaired) electrons. The van der Waals surface area contributed by atoms with Gasteiger partial charge in [-0.2, -0.15) is 26.3 Å². The van der Waals surface area contributed by atoms with Crippen molar-refractivity contribution >= 4 is 45.6 Å². The van der Waals surface area contributed by atoms with E-state index < -0.39 is 53.4 Å². The number of oxime groups is 1. The maximum absolute atomic E-state index is 14.1. The van der Waals surface area contributed by atoms with Crippen LogP contribution >= 0.6 is 23.2 Å². The third-order valence-corrected chi connectivity index (χ3v) is 6.93. The van der Waals surface area contributed by atoms with E-state index in [0.717, 1.165) is 12.1 Å². The second-order valence-corrected chi connectivity index (χ2v) is 9.94. The van der Waals surface area contributed by atoms with E-state index in [-0.39, 0.29) is 31.8 Å². The van der Waals surface area contributed by atoms with Crippen LogP contribution in [0.1, 0.15) is 23.1 Å². The van der Waals surface area contributed by atoms with E-state index in [1.165, 1.54) is 31.2 Å². The van der Waals surface area contributed by atoms with E-state index in [1.54, 1.807) is 5.32 Å². The number of nitrogens with zero attached hydrogens (tertiary/aromatic N) is 1. The lowest BCUT2D eigenvalue weighted by molar-refractivity contribution is -0.275. The van der Waals surface area contributed by atoms with Gasteiger partial charge in [-0.3, -0.25) is 9.00 Å². The van der Waals surface area contributed by atoms with Crippen molar-refractivity contribution in [3.63, 3.8) is 0 Å². The molecule has 5 nitrogen and oxygen atoms in total. The fraction of sp³-hybridized carbons (Fsp3) is 0.333. The molecule has 2 unspecified atom stereocenters. The first-order chi connectivity index (χ1) is 16.1. The van der Waals surface area contributed by atoms with E-state index >= 15 is 0 Å². The van der Waals surface area contributed by atoms with Crippen LogP contribution in [-0.4, -0.2) is 40.5 Å². The Hall–Kier alpha value is -2.31. The van der Waals surface area contributed by atoms with Crippen LogP contribution in [0.5, 0.6) is 0 Å². The highest BCUT2D eigenvalue weighted by Gasteiger charge is 2.62. The predicted octanol–water partition coefficient (Wildman–Crippen LogP) is 5.67. The van der Waals surface area contributed by atoms with Crippen molar-refractivity contribution in [2.24, 2.45) is 5.16 Å². The maximum atomic E-state index is 14.1. The first-order valence-corrected chi connectivity index (χ1v) is 11.8. The standard InChI is InChI=1S/C21H16Cl2F6N2O3S/c1-11-4-12(2-3-17(11)35(33)9-18(32)30-10-20(24,25)26)16-8-19(34-31-16,21(27,28)29)13-5-14(22)7-15(23)6-13/h2-7H,8-10H2,1H3,(H,30,32). The van der Waals surface area contributed by atoms with E-state index in [0.29, 0.717) is 5.56 Å². The number of nitrogens with one attached hydrogen (secondary N) is 1. The molecule has 2 aromatic rings. The molecule has 35 heavy (non-hydrogen) atoms. The highest BCUT2D eigenvalue weighted by molar-refractivity contribution is 7.85. The van der Waals surface area contributed by atoms with Crippen LogP contribution < -0.4 is 5.32 Å². The number of aryl methyl sites for hydroxylation is 1. The topological polar surface area (TPSA) is 67.8 Å². The summed E-state index contributed by atoms with van der Waals surface area (Å²) in [5, 5.41) is 5.23. The second kappa shape index (κ2) is 9.98. The first kappa shape index (κ1) is 27.3. The van der Waals surface area contributed by atoms with Gasteiger partial charge in [0.1, 0.15) is 12.3 Å². The van der Waals surface area contributed by atoms with E-state index in [1.807, 2.05) is 0 Å². The monoisotopic (exact) mass is 560 g/mol. The van der Waals surface area contributed by atoms with Gasteiger partial charge in [-0.15, -0.1) is 0 Å². The lowest BCUT2D eigenvalue weighted by atomic mass is 9.86. The van der Waals surface area contributed by atoms with Gasteiger partial charge in [0.05, 0.1) is 16.5 Å². The molecule has 0 fully saturated rings. The summed E-state index contributed by atoms with van der Waals surface area (Å²) < 4.78 is 91.5. The molecule has 1 amide bonds. The van der Waals surface area contributed by atoms with Crippen LogP contribution in [0.4, 0.5) is 26.3 Å². The number of alkyl halides is 6. The molecule has 0 saturated carbocycles. The molecule has 0 bridgehead atoms. The van der Waals surface area contributed by atoms with Gasteiger partial charge in [0.25, 0.3) is 5.60 Å². The molecule has 1 aliphatic rings. The molecule has 190 valence electrons. The molecule has 3 rings (SSSR count). The number of halogens is 8. The zero-order valence-corrected chi connectivity index (χ0v) is 20.0. The van der Waals surface area contributed by atoms with Crippen LogP contribution in [0, 0.1) is 6.92 Å². The minimum Gasteiger partial charge on any atom is -0.374 e. The third kappa shape index (κ3) is 6.28. The summed E-state index contributed by atoms with van der Waals surface area (Å²) >= 11 is 11.8. The number of amides is 1. The summed E-state index contributed by atoms with van der Waals surface area (Å²) in [5.74, 6) is -1.78. The minimum absolute atomic E-state index is 0.0184. The van der Waals surface area contributed by atoms with E-state index in [4.69, 9.17) is 28.0 Å². The quantitative estimate of drug-likeness (QED) is 0.463. The zero-order chi connectivity index (χ0) is 26.2. The summed E-state index contributed by atoms with van der Waals surface area (Å²) in [6.07, 6.45) is -10.2. The Labute approximate surface area is 207 Å². The summed E-state index contributed by atoms with van der Waals surface area (Å²) in [6.45, 7) is -0.0615. The maximum Gasteiger partial charge on any atom is 0.435 e. The average molecular weight is 561 g/mol. The number of carbonyl (C=O) groups excluding carboxylic acids is 1. The van der Waals surface area contributed by atoms with Gasteiger partial charge in [0, 0.05) is 26.9 Å². The van der Waals surface area contributed by atoms with E-state index in [9.17, 15) is 35.3 Å². The number of hydrogen-bond donors (Lipinski definition) is 1. The lowest BCUT2D eigenvalue weighted by Gasteiger charge is -2.29. The molecule has 2 atom stereocenters. The smallest absolute Gasteiger partial charge is 0.374 e. The Morgan fingerprint density at radius 3 is 2.29 bits per heavy atom. The molecular weight excluding hydrogens is 545 g/mol. The molecule has 0 aromatic heterocycles. The molecule has 1 heterocycles. The van der Waals surface area contributed by atoms with Crippen LogP contribution in [-0.2, 0) is 26.0 Å². The molecule has 0 aliphatic carbocycles. The number of carbonyl (C=O) groups is 1. The predicted molar refractivity (Wildman–Crippen MR) is 118 cm³/mol. The highest BCUT2D eigenvalue weighted by Crippen LogP contribution is 2.49. The molecule has 1 N–H and O–H groups in total. The summed E-state index contributed by atoms with van der Waals surface area (Å²) in [4.78, 5) is 16.7. The molecule has 2 aromatic carbocycles. The van der Waals surface area contributed by atoms with Crippen molar-refractivity contribution in [3.8, 4) is 0 Å². The Morgan fingerprint density at radius 1 is 1.11 bits per heavy atom. The summed E-state index contributed by atoms with van der Waals surface area (Å²) in [5.41, 5.74) is -2.64. The Kier molecular flexibility index (Phi) is 7.78. The zero-order valence-electron chi connectivity index (χ0n) is 17.7. The van der Waals surface area contributed by atoms with Gasteiger partial charge in [0.2, 0.25) is 5.91 Å². The van der Waals surface area contributed by atoms with Crippen molar-refractivity contribution < 1.29 is 40.2 Å². The molecule has 14 heteroatoms. The summed E-state index contributed by atoms with van der Waals surface area (Å²) in [7, 11) is -1.99. The Balaban J connectivity index is 1.81. The lowest BCUT2D eigenvalue weighted by Crippen LogP contribution is -2.42. The van der Waals surface area contributed by atoms with Crippen LogP contribution in [0.15, 0.2) is 46.4 Å². The summed E-state index contributed by atoms with van der Waals surface area (Å²) in [6, 6.07) is 7.50. The largest absolute Gasteiger partial charge is 0.435 e. The van der Waals surface area contributed by atoms with Crippen LogP contribution in [0.3, 0.4) is 0 Å². The van der Waals surface area contributed by atoms with Crippen molar-refractivity contribution in [2.45, 2.75) is 36.2 Å². The fourth-order valence-corrected chi connectivity index (χ4v) is 5.04. The fourth-order valence-electron chi connectivity index (χ4n) is 3.38. The number of benzene rings is 2. The van der Waals surface area contributed by atoms with Gasteiger partial charge in [-0.25, -0.2) is 0 Å².